The molecule has 0 amide bonds. The fourth-order valence-corrected chi connectivity index (χ4v) is 0.983. The van der Waals surface area contributed by atoms with Crippen LogP contribution in [0.4, 0.5) is 0 Å². The standard InChI is InChI=1S/C7H13Si.ClH.Zn/c1-5-6-7-8(2,3)4;;/h1,5H2,2-4H3;1H;/q-1;;+2/p-1. The van der Waals surface area contributed by atoms with Crippen LogP contribution in [-0.4, -0.2) is 8.07 Å². The first-order valence-corrected chi connectivity index (χ1v) is 10.5. The Bertz CT molecular complexity index is 118. The number of rotatable bonds is 0. The molecule has 0 heterocycles. The van der Waals surface area contributed by atoms with E-state index in [4.69, 9.17) is 9.69 Å². The molecule has 0 spiro atoms. The second-order valence-electron chi connectivity index (χ2n) is 2.80. The SMILES string of the molecule is [CH2-]CC#C[Si](C)(C)C.[Cl][Zn+]. The van der Waals surface area contributed by atoms with E-state index in [2.05, 4.69) is 38.0 Å². The molecule has 0 unspecified atom stereocenters. The molecular weight excluding hydrogens is 213 g/mol. The first-order chi connectivity index (χ1) is 4.56. The Hall–Kier alpha value is 0.690. The quantitative estimate of drug-likeness (QED) is 0.338. The van der Waals surface area contributed by atoms with Gasteiger partial charge in [0.1, 0.15) is 8.07 Å². The Morgan fingerprint density at radius 2 is 1.80 bits per heavy atom. The molecular formula is C7H13ClSiZn. The molecule has 0 radical (unpaired) electrons. The molecule has 0 saturated heterocycles. The summed E-state index contributed by atoms with van der Waals surface area (Å²) in [5, 5.41) is 0. The van der Waals surface area contributed by atoms with Crippen LogP contribution in [-0.2, 0) is 17.3 Å². The number of hydrogen-bond acceptors (Lipinski definition) is 0. The Labute approximate surface area is 79.5 Å². The van der Waals surface area contributed by atoms with E-state index in [-0.39, 0.29) is 0 Å². The summed E-state index contributed by atoms with van der Waals surface area (Å²) in [6.45, 7) is 10.3. The number of halogens is 1. The van der Waals surface area contributed by atoms with Crippen LogP contribution in [0, 0.1) is 18.4 Å². The second-order valence-corrected chi connectivity index (χ2v) is 7.55. The van der Waals surface area contributed by atoms with Gasteiger partial charge in [0.25, 0.3) is 0 Å². The fraction of sp³-hybridized carbons (Fsp3) is 0.571. The zero-order chi connectivity index (χ0) is 8.62. The van der Waals surface area contributed by atoms with Crippen LogP contribution >= 0.6 is 9.69 Å². The van der Waals surface area contributed by atoms with Crippen LogP contribution < -0.4 is 0 Å². The van der Waals surface area contributed by atoms with Crippen LogP contribution in [0.3, 0.4) is 0 Å². The summed E-state index contributed by atoms with van der Waals surface area (Å²) < 4.78 is 0. The molecule has 0 aromatic rings. The summed E-state index contributed by atoms with van der Waals surface area (Å²) in [6.07, 6.45) is 0.754. The molecule has 0 aliphatic rings. The Morgan fingerprint density at radius 1 is 1.40 bits per heavy atom. The van der Waals surface area contributed by atoms with Crippen LogP contribution in [0.1, 0.15) is 6.42 Å². The minimum atomic E-state index is -1.08. The molecule has 0 fully saturated rings. The van der Waals surface area contributed by atoms with Gasteiger partial charge in [-0.05, 0) is 0 Å². The van der Waals surface area contributed by atoms with Crippen molar-refractivity contribution in [3.63, 3.8) is 0 Å². The maximum atomic E-state index is 4.76. The molecule has 54 valence electrons. The van der Waals surface area contributed by atoms with Gasteiger partial charge in [0, 0.05) is 0 Å². The Kier molecular flexibility index (Phi) is 10.4. The molecule has 0 aliphatic carbocycles. The third-order valence-corrected chi connectivity index (χ3v) is 1.52. The second kappa shape index (κ2) is 7.79. The van der Waals surface area contributed by atoms with Gasteiger partial charge in [-0.1, -0.05) is 19.6 Å². The summed E-state index contributed by atoms with van der Waals surface area (Å²) >= 11 is 0.847. The predicted molar refractivity (Wildman–Crippen MR) is 46.9 cm³/mol. The van der Waals surface area contributed by atoms with E-state index in [9.17, 15) is 0 Å². The predicted octanol–water partition coefficient (Wildman–Crippen LogP) is 2.78. The normalized spacial score (nSPS) is 8.70. The molecule has 10 heavy (non-hydrogen) atoms. The molecule has 0 saturated carbocycles. The molecule has 0 N–H and O–H groups in total. The summed E-state index contributed by atoms with van der Waals surface area (Å²) in [5.41, 5.74) is 3.20. The average Bonchev–Trinajstić information content (AvgIpc) is 1.87. The average molecular weight is 226 g/mol. The molecule has 0 nitrogen and oxygen atoms in total. The van der Waals surface area contributed by atoms with Crippen LogP contribution in [0.15, 0.2) is 0 Å². The molecule has 0 aromatic heterocycles. The maximum absolute atomic E-state index is 4.76. The summed E-state index contributed by atoms with van der Waals surface area (Å²) in [7, 11) is 3.68. The van der Waals surface area contributed by atoms with Crippen molar-refractivity contribution in [2.75, 3.05) is 0 Å². The van der Waals surface area contributed by atoms with Crippen molar-refractivity contribution < 1.29 is 17.3 Å². The third-order valence-electron chi connectivity index (χ3n) is 0.588. The van der Waals surface area contributed by atoms with Gasteiger partial charge in [0.05, 0.1) is 0 Å². The van der Waals surface area contributed by atoms with E-state index >= 15 is 0 Å². The van der Waals surface area contributed by atoms with Gasteiger partial charge in [-0.2, -0.15) is 0 Å². The van der Waals surface area contributed by atoms with Crippen LogP contribution in [0.25, 0.3) is 0 Å². The van der Waals surface area contributed by atoms with E-state index in [0.29, 0.717) is 0 Å². The summed E-state index contributed by atoms with van der Waals surface area (Å²) in [5.74, 6) is 2.99. The number of hydrogen-bond donors (Lipinski definition) is 0. The summed E-state index contributed by atoms with van der Waals surface area (Å²) in [4.78, 5) is 0. The Balaban J connectivity index is 0. The van der Waals surface area contributed by atoms with E-state index < -0.39 is 8.07 Å². The molecule has 0 aromatic carbocycles. The van der Waals surface area contributed by atoms with E-state index in [1.165, 1.54) is 0 Å². The van der Waals surface area contributed by atoms with Crippen molar-refractivity contribution in [2.24, 2.45) is 0 Å². The van der Waals surface area contributed by atoms with E-state index in [1.54, 1.807) is 0 Å². The molecule has 3 heteroatoms. The van der Waals surface area contributed by atoms with Gasteiger partial charge in [0.15, 0.2) is 0 Å². The van der Waals surface area contributed by atoms with Crippen molar-refractivity contribution in [1.29, 1.82) is 0 Å². The van der Waals surface area contributed by atoms with Crippen LogP contribution in [0.2, 0.25) is 19.6 Å². The van der Waals surface area contributed by atoms with Gasteiger partial charge in [-0.3, -0.25) is 0 Å². The zero-order valence-electron chi connectivity index (χ0n) is 7.00. The topological polar surface area (TPSA) is 0 Å². The van der Waals surface area contributed by atoms with E-state index in [0.717, 1.165) is 23.7 Å². The van der Waals surface area contributed by atoms with E-state index in [1.807, 2.05) is 0 Å². The third kappa shape index (κ3) is 15.9. The van der Waals surface area contributed by atoms with Crippen molar-refractivity contribution in [3.8, 4) is 11.5 Å². The van der Waals surface area contributed by atoms with Crippen molar-refractivity contribution >= 4 is 17.8 Å². The van der Waals surface area contributed by atoms with Gasteiger partial charge in [-0.15, -0.1) is 17.9 Å². The first-order valence-electron chi connectivity index (χ1n) is 3.12. The minimum absolute atomic E-state index is 0.754. The van der Waals surface area contributed by atoms with Gasteiger partial charge in [-0.25, -0.2) is 0 Å². The fourth-order valence-electron chi connectivity index (χ4n) is 0.328. The zero-order valence-corrected chi connectivity index (χ0v) is 11.7. The van der Waals surface area contributed by atoms with Gasteiger partial charge < -0.3 is 6.92 Å². The van der Waals surface area contributed by atoms with Gasteiger partial charge in [0.2, 0.25) is 0 Å². The monoisotopic (exact) mass is 224 g/mol. The molecule has 0 aliphatic heterocycles. The Morgan fingerprint density at radius 3 is 1.90 bits per heavy atom. The van der Waals surface area contributed by atoms with Gasteiger partial charge >= 0.3 is 27.0 Å². The van der Waals surface area contributed by atoms with Crippen molar-refractivity contribution in [1.82, 2.24) is 0 Å². The van der Waals surface area contributed by atoms with Crippen molar-refractivity contribution in [2.45, 2.75) is 26.1 Å². The summed E-state index contributed by atoms with van der Waals surface area (Å²) in [6, 6.07) is 0. The molecule has 0 atom stereocenters. The first kappa shape index (κ1) is 13.3. The van der Waals surface area contributed by atoms with Crippen molar-refractivity contribution in [3.05, 3.63) is 6.92 Å². The molecule has 0 rings (SSSR count). The molecule has 0 bridgehead atoms. The van der Waals surface area contributed by atoms with Crippen LogP contribution in [0.5, 0.6) is 0 Å².